The van der Waals surface area contributed by atoms with Crippen molar-refractivity contribution in [3.05, 3.63) is 0 Å². The van der Waals surface area contributed by atoms with Crippen LogP contribution >= 0.6 is 42.7 Å². The Hall–Kier alpha value is 1.42. The molecule has 4 unspecified atom stereocenters. The molecule has 0 aromatic carbocycles. The molecule has 0 saturated heterocycles. The number of rotatable bonds is 2. The van der Waals surface area contributed by atoms with Crippen molar-refractivity contribution in [3.63, 3.8) is 0 Å². The monoisotopic (exact) mass is 233 g/mol. The third-order valence-corrected chi connectivity index (χ3v) is 2.71. The number of nitrogens with one attached hydrogen (secondary N) is 2. The average molecular weight is 233 g/mol. The first-order valence-corrected chi connectivity index (χ1v) is 9.84. The van der Waals surface area contributed by atoms with E-state index in [-0.39, 0.29) is 7.45 Å². The van der Waals surface area contributed by atoms with Gasteiger partial charge in [-0.2, -0.15) is 0 Å². The van der Waals surface area contributed by atoms with E-state index in [0.29, 0.717) is 8.42 Å². The summed E-state index contributed by atoms with van der Waals surface area (Å²) in [5, 5.41) is 6.24. The molecule has 0 fully saturated rings. The molecule has 0 aromatic rings. The Morgan fingerprint density at radius 3 is 2.50 bits per heavy atom. The smallest absolute Gasteiger partial charge is 0.198 e. The van der Waals surface area contributed by atoms with Gasteiger partial charge in [0.1, 0.15) is 0 Å². The minimum Gasteiger partial charge on any atom is -0.335 e. The maximum Gasteiger partial charge on any atom is 0.198 e. The van der Waals surface area contributed by atoms with Crippen molar-refractivity contribution in [3.8, 4) is 0 Å². The second-order valence-corrected chi connectivity index (χ2v) is 8.93. The molecule has 4 atom stereocenters. The summed E-state index contributed by atoms with van der Waals surface area (Å²) in [5.74, 6) is 0.851. The fourth-order valence-corrected chi connectivity index (χ4v) is 2.29. The van der Waals surface area contributed by atoms with Gasteiger partial charge in [0.2, 0.25) is 0 Å². The van der Waals surface area contributed by atoms with E-state index in [1.807, 2.05) is 0 Å². The lowest BCUT2D eigenvalue weighted by atomic mass is 11.1. The molecule has 0 bridgehead atoms. The molecule has 2 N–H and O–H groups in total. The van der Waals surface area contributed by atoms with Gasteiger partial charge in [0.25, 0.3) is 0 Å². The highest BCUT2D eigenvalue weighted by atomic mass is 32.4. The highest BCUT2D eigenvalue weighted by molar-refractivity contribution is 8.42. The lowest BCUT2D eigenvalue weighted by molar-refractivity contribution is 1.26. The van der Waals surface area contributed by atoms with E-state index < -0.39 is 0 Å². The molecule has 60 valence electrons. The molecule has 0 spiro atoms. The van der Waals surface area contributed by atoms with Gasteiger partial charge in [-0.3, -0.25) is 4.99 Å². The zero-order valence-corrected chi connectivity index (χ0v) is 11.0. The molecule has 0 aliphatic carbocycles. The molecule has 0 amide bonds. The van der Waals surface area contributed by atoms with Crippen LogP contribution in [-0.4, -0.2) is 13.0 Å². The normalized spacial score (nSPS) is 13.1. The summed E-state index contributed by atoms with van der Waals surface area (Å²) in [6.07, 6.45) is 0. The lowest BCUT2D eigenvalue weighted by Crippen LogP contribution is -2.25. The number of aliphatic imine (C=N–C) groups is 1. The van der Waals surface area contributed by atoms with Gasteiger partial charge < -0.3 is 10.2 Å². The molecular weight excluding hydrogens is 221 g/mol. The molecule has 0 rings (SSSR count). The van der Waals surface area contributed by atoms with E-state index in [0.717, 1.165) is 5.96 Å². The molecule has 0 saturated carbocycles. The van der Waals surface area contributed by atoms with E-state index in [2.05, 4.69) is 42.0 Å². The maximum atomic E-state index is 4.00. The summed E-state index contributed by atoms with van der Waals surface area (Å²) in [6, 6.07) is 0. The minimum absolute atomic E-state index is 0.272. The van der Waals surface area contributed by atoms with Crippen LogP contribution in [0.3, 0.4) is 0 Å². The number of hydrogen-bond acceptors (Lipinski definition) is 1. The molecule has 0 aromatic heterocycles. The topological polar surface area (TPSA) is 36.4 Å². The largest absolute Gasteiger partial charge is 0.335 e. The van der Waals surface area contributed by atoms with Crippen LogP contribution in [-0.2, 0) is 0 Å². The van der Waals surface area contributed by atoms with E-state index in [1.54, 1.807) is 7.05 Å². The van der Waals surface area contributed by atoms with Crippen LogP contribution in [0.4, 0.5) is 0 Å². The second kappa shape index (κ2) is 7.09. The summed E-state index contributed by atoms with van der Waals surface area (Å²) in [7, 11) is 10.0. The summed E-state index contributed by atoms with van der Waals surface area (Å²) in [5.41, 5.74) is 0. The Kier molecular flexibility index (Phi) is 8.10. The van der Waals surface area contributed by atoms with Crippen LogP contribution in [0.5, 0.6) is 0 Å². The third-order valence-electron chi connectivity index (χ3n) is 0.649. The Bertz CT molecular complexity index is 113. The van der Waals surface area contributed by atoms with Crippen LogP contribution < -0.4 is 10.2 Å². The SMILES string of the molecule is CN=C(NPP)NP(P)P. The van der Waals surface area contributed by atoms with Gasteiger partial charge in [-0.15, -0.1) is 0 Å². The summed E-state index contributed by atoms with van der Waals surface area (Å²) in [6.45, 7) is 0. The number of guanidine groups is 1. The molecule has 0 aliphatic heterocycles. The van der Waals surface area contributed by atoms with Crippen molar-refractivity contribution in [2.45, 2.75) is 0 Å². The predicted octanol–water partition coefficient (Wildman–Crippen LogP) is 1.51. The van der Waals surface area contributed by atoms with E-state index >= 15 is 0 Å². The number of hydrogen-bond donors (Lipinski definition) is 2. The fourth-order valence-electron chi connectivity index (χ4n) is 0.324. The van der Waals surface area contributed by atoms with Crippen molar-refractivity contribution >= 4 is 48.6 Å². The zero-order chi connectivity index (χ0) is 7.98. The van der Waals surface area contributed by atoms with Gasteiger partial charge in [0.15, 0.2) is 5.96 Å². The van der Waals surface area contributed by atoms with Crippen molar-refractivity contribution in [1.82, 2.24) is 10.2 Å². The zero-order valence-electron chi connectivity index (χ0n) is 5.63. The fraction of sp³-hybridized carbons (Fsp3) is 0.500. The first-order chi connectivity index (χ1) is 4.70. The average Bonchev–Trinajstić information content (AvgIpc) is 1.86. The minimum atomic E-state index is -0.272. The van der Waals surface area contributed by atoms with Gasteiger partial charge in [0, 0.05) is 14.5 Å². The molecule has 0 radical (unpaired) electrons. The highest BCUT2D eigenvalue weighted by Gasteiger charge is 1.95. The Morgan fingerprint density at radius 1 is 1.60 bits per heavy atom. The van der Waals surface area contributed by atoms with E-state index in [9.17, 15) is 0 Å². The molecule has 0 aliphatic rings. The number of nitrogens with zero attached hydrogens (tertiary/aromatic N) is 1. The Balaban J connectivity index is 3.62. The van der Waals surface area contributed by atoms with Crippen molar-refractivity contribution < 1.29 is 0 Å². The van der Waals surface area contributed by atoms with E-state index in [1.165, 1.54) is 0 Å². The summed E-state index contributed by atoms with van der Waals surface area (Å²) >= 11 is 0. The highest BCUT2D eigenvalue weighted by Crippen LogP contribution is 2.48. The quantitative estimate of drug-likeness (QED) is 0.431. The lowest BCUT2D eigenvalue weighted by Gasteiger charge is -2.11. The third kappa shape index (κ3) is 6.15. The molecule has 3 nitrogen and oxygen atoms in total. The van der Waals surface area contributed by atoms with Crippen molar-refractivity contribution in [2.24, 2.45) is 4.99 Å². The molecule has 0 heterocycles. The van der Waals surface area contributed by atoms with Crippen LogP contribution in [0.15, 0.2) is 4.99 Å². The summed E-state index contributed by atoms with van der Waals surface area (Å²) in [4.78, 5) is 4.00. The standard InChI is InChI=1S/C2H12N3P5/c1-3-2(4-9-6)5-10(7)8/h9H,6-8H2,1H3,(H2,3,4,5). The van der Waals surface area contributed by atoms with Crippen LogP contribution in [0.2, 0.25) is 0 Å². The Morgan fingerprint density at radius 2 is 2.20 bits per heavy atom. The van der Waals surface area contributed by atoms with Crippen LogP contribution in [0, 0.1) is 0 Å². The van der Waals surface area contributed by atoms with Crippen molar-refractivity contribution in [1.29, 1.82) is 0 Å². The van der Waals surface area contributed by atoms with E-state index in [4.69, 9.17) is 0 Å². The Labute approximate surface area is 71.3 Å². The first-order valence-electron chi connectivity index (χ1n) is 2.45. The van der Waals surface area contributed by atoms with Gasteiger partial charge in [-0.05, 0) is 8.42 Å². The molecule has 8 heteroatoms. The van der Waals surface area contributed by atoms with Gasteiger partial charge in [0.05, 0.1) is 0 Å². The molecular formula is C2H12N3P5. The van der Waals surface area contributed by atoms with Gasteiger partial charge in [-0.25, -0.2) is 0 Å². The summed E-state index contributed by atoms with van der Waals surface area (Å²) < 4.78 is 0. The van der Waals surface area contributed by atoms with Crippen LogP contribution in [0.1, 0.15) is 0 Å². The molecule has 10 heavy (non-hydrogen) atoms. The second-order valence-electron chi connectivity index (χ2n) is 1.36. The first kappa shape index (κ1) is 11.4. The van der Waals surface area contributed by atoms with Crippen LogP contribution in [0.25, 0.3) is 0 Å². The predicted molar refractivity (Wildman–Crippen MR) is 64.0 cm³/mol. The van der Waals surface area contributed by atoms with Crippen molar-refractivity contribution in [2.75, 3.05) is 7.05 Å². The van der Waals surface area contributed by atoms with Gasteiger partial charge in [-0.1, -0.05) is 26.8 Å². The maximum absolute atomic E-state index is 4.00. The van der Waals surface area contributed by atoms with Gasteiger partial charge >= 0.3 is 0 Å².